The molecular weight excluding hydrogens is 257 g/mol. The molecular formula is C15H22FN3O. The van der Waals surface area contributed by atoms with E-state index in [4.69, 9.17) is 0 Å². The van der Waals surface area contributed by atoms with Crippen LogP contribution in [0.3, 0.4) is 0 Å². The zero-order valence-corrected chi connectivity index (χ0v) is 11.9. The van der Waals surface area contributed by atoms with Crippen LogP contribution in [0.2, 0.25) is 0 Å². The third-order valence-corrected chi connectivity index (χ3v) is 3.65. The van der Waals surface area contributed by atoms with Crippen molar-refractivity contribution in [2.75, 3.05) is 26.2 Å². The molecule has 20 heavy (non-hydrogen) atoms. The quantitative estimate of drug-likeness (QED) is 0.897. The lowest BCUT2D eigenvalue weighted by Crippen LogP contribution is -2.38. The Morgan fingerprint density at radius 1 is 1.45 bits per heavy atom. The molecule has 2 rings (SSSR count). The van der Waals surface area contributed by atoms with Crippen LogP contribution in [0.1, 0.15) is 36.5 Å². The van der Waals surface area contributed by atoms with E-state index in [0.717, 1.165) is 25.8 Å². The first-order valence-electron chi connectivity index (χ1n) is 7.27. The zero-order chi connectivity index (χ0) is 14.4. The lowest BCUT2D eigenvalue weighted by Gasteiger charge is -2.29. The molecule has 110 valence electrons. The van der Waals surface area contributed by atoms with Crippen molar-refractivity contribution in [1.29, 1.82) is 0 Å². The molecule has 1 amide bonds. The number of carbonyl (C=O) groups excluding carboxylic acids is 1. The predicted octanol–water partition coefficient (Wildman–Crippen LogP) is 2.07. The third-order valence-electron chi connectivity index (χ3n) is 3.65. The van der Waals surface area contributed by atoms with Gasteiger partial charge in [-0.05, 0) is 37.9 Å². The Balaban J connectivity index is 1.76. The van der Waals surface area contributed by atoms with Crippen LogP contribution in [0.4, 0.5) is 4.39 Å². The zero-order valence-electron chi connectivity index (χ0n) is 11.9. The highest BCUT2D eigenvalue weighted by atomic mass is 19.1. The highest BCUT2D eigenvalue weighted by molar-refractivity contribution is 5.94. The normalized spacial score (nSPS) is 17.7. The van der Waals surface area contributed by atoms with Crippen LogP contribution in [-0.4, -0.2) is 42.0 Å². The van der Waals surface area contributed by atoms with Gasteiger partial charge in [0.2, 0.25) is 0 Å². The molecule has 0 bridgehead atoms. The number of hydrogen-bond acceptors (Lipinski definition) is 3. The second-order valence-electron chi connectivity index (χ2n) is 5.53. The standard InChI is InChI=1S/C15H22FN3O/c1-12(11-19-7-3-2-4-8-19)9-18-15(20)13-5-6-17-10-14(13)16/h5-6,10,12H,2-4,7-9,11H2,1H3,(H,18,20). The van der Waals surface area contributed by atoms with Crippen molar-refractivity contribution in [3.63, 3.8) is 0 Å². The maximum absolute atomic E-state index is 13.4. The number of amides is 1. The molecule has 0 saturated carbocycles. The van der Waals surface area contributed by atoms with Crippen LogP contribution >= 0.6 is 0 Å². The molecule has 1 saturated heterocycles. The summed E-state index contributed by atoms with van der Waals surface area (Å²) in [4.78, 5) is 17.9. The molecule has 0 aromatic carbocycles. The fourth-order valence-electron chi connectivity index (χ4n) is 2.57. The number of pyridine rings is 1. The molecule has 2 heterocycles. The summed E-state index contributed by atoms with van der Waals surface area (Å²) in [7, 11) is 0. The van der Waals surface area contributed by atoms with Gasteiger partial charge in [-0.3, -0.25) is 9.78 Å². The van der Waals surface area contributed by atoms with Gasteiger partial charge in [0.15, 0.2) is 5.82 Å². The summed E-state index contributed by atoms with van der Waals surface area (Å²) in [6, 6.07) is 1.40. The Morgan fingerprint density at radius 3 is 2.90 bits per heavy atom. The lowest BCUT2D eigenvalue weighted by molar-refractivity contribution is 0.0938. The monoisotopic (exact) mass is 279 g/mol. The topological polar surface area (TPSA) is 45.2 Å². The van der Waals surface area contributed by atoms with Crippen molar-refractivity contribution in [3.05, 3.63) is 29.8 Å². The van der Waals surface area contributed by atoms with E-state index in [0.29, 0.717) is 12.5 Å². The van der Waals surface area contributed by atoms with Gasteiger partial charge in [0.1, 0.15) is 0 Å². The van der Waals surface area contributed by atoms with Crippen molar-refractivity contribution in [3.8, 4) is 0 Å². The number of nitrogens with one attached hydrogen (secondary N) is 1. The largest absolute Gasteiger partial charge is 0.352 e. The summed E-state index contributed by atoms with van der Waals surface area (Å²) < 4.78 is 13.4. The minimum atomic E-state index is -0.575. The van der Waals surface area contributed by atoms with Gasteiger partial charge in [-0.2, -0.15) is 0 Å². The summed E-state index contributed by atoms with van der Waals surface area (Å²) in [5.41, 5.74) is 0.0603. The van der Waals surface area contributed by atoms with Gasteiger partial charge < -0.3 is 10.2 Å². The maximum Gasteiger partial charge on any atom is 0.254 e. The second kappa shape index (κ2) is 7.33. The molecule has 1 unspecified atom stereocenters. The number of piperidine rings is 1. The van der Waals surface area contributed by atoms with Gasteiger partial charge >= 0.3 is 0 Å². The van der Waals surface area contributed by atoms with Gasteiger partial charge in [0.25, 0.3) is 5.91 Å². The van der Waals surface area contributed by atoms with E-state index < -0.39 is 5.82 Å². The fraction of sp³-hybridized carbons (Fsp3) is 0.600. The summed E-state index contributed by atoms with van der Waals surface area (Å²) in [6.45, 7) is 5.96. The maximum atomic E-state index is 13.4. The Kier molecular flexibility index (Phi) is 5.47. The highest BCUT2D eigenvalue weighted by Crippen LogP contribution is 2.11. The van der Waals surface area contributed by atoms with Gasteiger partial charge in [0.05, 0.1) is 11.8 Å². The molecule has 1 aliphatic rings. The molecule has 4 nitrogen and oxygen atoms in total. The minimum absolute atomic E-state index is 0.0603. The number of aromatic nitrogens is 1. The van der Waals surface area contributed by atoms with E-state index in [1.165, 1.54) is 31.5 Å². The van der Waals surface area contributed by atoms with Crippen LogP contribution in [0, 0.1) is 11.7 Å². The van der Waals surface area contributed by atoms with Gasteiger partial charge in [-0.15, -0.1) is 0 Å². The SMILES string of the molecule is CC(CNC(=O)c1ccncc1F)CN1CCCCC1. The molecule has 0 radical (unpaired) electrons. The van der Waals surface area contributed by atoms with Gasteiger partial charge in [-0.25, -0.2) is 4.39 Å². The first-order valence-corrected chi connectivity index (χ1v) is 7.27. The summed E-state index contributed by atoms with van der Waals surface area (Å²) in [5.74, 6) is -0.578. The summed E-state index contributed by atoms with van der Waals surface area (Å²) in [6.07, 6.45) is 6.34. The average molecular weight is 279 g/mol. The fourth-order valence-corrected chi connectivity index (χ4v) is 2.57. The van der Waals surface area contributed by atoms with E-state index in [9.17, 15) is 9.18 Å². The number of likely N-dealkylation sites (tertiary alicyclic amines) is 1. The van der Waals surface area contributed by atoms with E-state index >= 15 is 0 Å². The number of rotatable bonds is 5. The molecule has 0 aliphatic carbocycles. The molecule has 1 N–H and O–H groups in total. The third kappa shape index (κ3) is 4.27. The Labute approximate surface area is 119 Å². The predicted molar refractivity (Wildman–Crippen MR) is 76.0 cm³/mol. The Hall–Kier alpha value is -1.49. The summed E-state index contributed by atoms with van der Waals surface area (Å²) in [5, 5.41) is 2.80. The first-order chi connectivity index (χ1) is 9.66. The first kappa shape index (κ1) is 14.9. The van der Waals surface area contributed by atoms with Crippen LogP contribution < -0.4 is 5.32 Å². The Morgan fingerprint density at radius 2 is 2.20 bits per heavy atom. The van der Waals surface area contributed by atoms with E-state index in [2.05, 4.69) is 22.1 Å². The molecule has 1 atom stereocenters. The molecule has 1 aromatic rings. The molecule has 1 aliphatic heterocycles. The van der Waals surface area contributed by atoms with E-state index in [-0.39, 0.29) is 11.5 Å². The highest BCUT2D eigenvalue weighted by Gasteiger charge is 2.15. The smallest absolute Gasteiger partial charge is 0.254 e. The van der Waals surface area contributed by atoms with Crippen molar-refractivity contribution >= 4 is 5.91 Å². The van der Waals surface area contributed by atoms with Crippen LogP contribution in [0.15, 0.2) is 18.5 Å². The van der Waals surface area contributed by atoms with Gasteiger partial charge in [0, 0.05) is 19.3 Å². The van der Waals surface area contributed by atoms with Crippen molar-refractivity contribution in [1.82, 2.24) is 15.2 Å². The number of halogens is 1. The number of carbonyl (C=O) groups is 1. The number of hydrogen-bond donors (Lipinski definition) is 1. The minimum Gasteiger partial charge on any atom is -0.352 e. The van der Waals surface area contributed by atoms with E-state index in [1.54, 1.807) is 0 Å². The molecule has 1 aromatic heterocycles. The second-order valence-corrected chi connectivity index (χ2v) is 5.53. The van der Waals surface area contributed by atoms with E-state index in [1.807, 2.05) is 0 Å². The van der Waals surface area contributed by atoms with Crippen LogP contribution in [0.25, 0.3) is 0 Å². The van der Waals surface area contributed by atoms with Crippen molar-refractivity contribution < 1.29 is 9.18 Å². The van der Waals surface area contributed by atoms with Gasteiger partial charge in [-0.1, -0.05) is 13.3 Å². The Bertz CT molecular complexity index is 446. The van der Waals surface area contributed by atoms with Crippen LogP contribution in [0.5, 0.6) is 0 Å². The average Bonchev–Trinajstić information content (AvgIpc) is 2.46. The lowest BCUT2D eigenvalue weighted by atomic mass is 10.1. The summed E-state index contributed by atoms with van der Waals surface area (Å²) >= 11 is 0. The molecule has 0 spiro atoms. The molecule has 5 heteroatoms. The van der Waals surface area contributed by atoms with Crippen molar-refractivity contribution in [2.24, 2.45) is 5.92 Å². The van der Waals surface area contributed by atoms with Crippen LogP contribution in [-0.2, 0) is 0 Å². The number of nitrogens with zero attached hydrogens (tertiary/aromatic N) is 2. The molecule has 1 fully saturated rings. The van der Waals surface area contributed by atoms with Crippen molar-refractivity contribution in [2.45, 2.75) is 26.2 Å².